The van der Waals surface area contributed by atoms with Crippen LogP contribution in [0.4, 0.5) is 0 Å². The SMILES string of the molecule is CC(C)C1CO[Si](C)(C)C1. The summed E-state index contributed by atoms with van der Waals surface area (Å²) in [6.45, 7) is 10.2. The average molecular weight is 158 g/mol. The van der Waals surface area contributed by atoms with E-state index in [0.29, 0.717) is 0 Å². The summed E-state index contributed by atoms with van der Waals surface area (Å²) in [4.78, 5) is 0. The molecule has 0 spiro atoms. The highest BCUT2D eigenvalue weighted by atomic mass is 28.4. The first-order valence-corrected chi connectivity index (χ1v) is 7.27. The summed E-state index contributed by atoms with van der Waals surface area (Å²) in [7, 11) is -1.17. The van der Waals surface area contributed by atoms with Crippen LogP contribution in [-0.4, -0.2) is 14.9 Å². The van der Waals surface area contributed by atoms with E-state index in [2.05, 4.69) is 26.9 Å². The van der Waals surface area contributed by atoms with Crippen LogP contribution in [-0.2, 0) is 4.43 Å². The quantitative estimate of drug-likeness (QED) is 0.533. The highest BCUT2D eigenvalue weighted by Crippen LogP contribution is 2.31. The van der Waals surface area contributed by atoms with Gasteiger partial charge in [-0.2, -0.15) is 0 Å². The van der Waals surface area contributed by atoms with Gasteiger partial charge in [0.25, 0.3) is 0 Å². The predicted octanol–water partition coefficient (Wildman–Crippen LogP) is 2.49. The highest BCUT2D eigenvalue weighted by Gasteiger charge is 2.35. The van der Waals surface area contributed by atoms with Crippen LogP contribution in [0.1, 0.15) is 13.8 Å². The molecule has 1 aliphatic rings. The maximum Gasteiger partial charge on any atom is 0.187 e. The van der Waals surface area contributed by atoms with Crippen molar-refractivity contribution < 1.29 is 4.43 Å². The van der Waals surface area contributed by atoms with Crippen LogP contribution in [0, 0.1) is 11.8 Å². The zero-order valence-electron chi connectivity index (χ0n) is 7.48. The molecule has 1 atom stereocenters. The van der Waals surface area contributed by atoms with Gasteiger partial charge in [0.15, 0.2) is 8.32 Å². The summed E-state index contributed by atoms with van der Waals surface area (Å²) in [5.41, 5.74) is 0. The van der Waals surface area contributed by atoms with Gasteiger partial charge in [0.2, 0.25) is 0 Å². The second-order valence-electron chi connectivity index (χ2n) is 4.28. The van der Waals surface area contributed by atoms with E-state index in [9.17, 15) is 0 Å². The Morgan fingerprint density at radius 3 is 2.20 bits per heavy atom. The van der Waals surface area contributed by atoms with Crippen LogP contribution in [0.2, 0.25) is 19.1 Å². The van der Waals surface area contributed by atoms with E-state index in [-0.39, 0.29) is 0 Å². The number of rotatable bonds is 1. The van der Waals surface area contributed by atoms with Crippen LogP contribution in [0.15, 0.2) is 0 Å². The molecule has 2 heteroatoms. The van der Waals surface area contributed by atoms with Gasteiger partial charge in [0, 0.05) is 6.61 Å². The van der Waals surface area contributed by atoms with Crippen LogP contribution in [0.3, 0.4) is 0 Å². The summed E-state index contributed by atoms with van der Waals surface area (Å²) in [5.74, 6) is 1.66. The van der Waals surface area contributed by atoms with Crippen molar-refractivity contribution in [2.24, 2.45) is 11.8 Å². The maximum atomic E-state index is 5.75. The molecule has 0 radical (unpaired) electrons. The van der Waals surface area contributed by atoms with E-state index in [1.54, 1.807) is 0 Å². The summed E-state index contributed by atoms with van der Waals surface area (Å²) in [5, 5.41) is 0. The first-order valence-electron chi connectivity index (χ1n) is 4.15. The first-order chi connectivity index (χ1) is 4.51. The Balaban J connectivity index is 2.43. The normalized spacial score (nSPS) is 31.5. The van der Waals surface area contributed by atoms with Crippen molar-refractivity contribution in [3.05, 3.63) is 0 Å². The summed E-state index contributed by atoms with van der Waals surface area (Å²) in [6, 6.07) is 1.37. The molecule has 1 nitrogen and oxygen atoms in total. The van der Waals surface area contributed by atoms with E-state index in [1.807, 2.05) is 0 Å². The van der Waals surface area contributed by atoms with E-state index < -0.39 is 8.32 Å². The van der Waals surface area contributed by atoms with Gasteiger partial charge in [-0.15, -0.1) is 0 Å². The molecule has 1 unspecified atom stereocenters. The van der Waals surface area contributed by atoms with Gasteiger partial charge >= 0.3 is 0 Å². The predicted molar refractivity (Wildman–Crippen MR) is 46.6 cm³/mol. The molecule has 60 valence electrons. The van der Waals surface area contributed by atoms with Gasteiger partial charge in [0.05, 0.1) is 0 Å². The van der Waals surface area contributed by atoms with Crippen molar-refractivity contribution in [2.45, 2.75) is 33.0 Å². The standard InChI is InChI=1S/C8H18OSi/c1-7(2)8-5-9-10(3,4)6-8/h7-8H,5-6H2,1-4H3. The van der Waals surface area contributed by atoms with E-state index in [4.69, 9.17) is 4.43 Å². The van der Waals surface area contributed by atoms with Gasteiger partial charge in [-0.25, -0.2) is 0 Å². The second-order valence-corrected chi connectivity index (χ2v) is 8.50. The summed E-state index contributed by atoms with van der Waals surface area (Å²) in [6.07, 6.45) is 0. The van der Waals surface area contributed by atoms with Crippen LogP contribution in [0.5, 0.6) is 0 Å². The topological polar surface area (TPSA) is 9.23 Å². The third-order valence-corrected chi connectivity index (χ3v) is 4.84. The lowest BCUT2D eigenvalue weighted by atomic mass is 9.99. The Hall–Kier alpha value is 0.177. The van der Waals surface area contributed by atoms with Gasteiger partial charge in [0.1, 0.15) is 0 Å². The largest absolute Gasteiger partial charge is 0.417 e. The molecular formula is C8H18OSi. The smallest absolute Gasteiger partial charge is 0.187 e. The van der Waals surface area contributed by atoms with Crippen molar-refractivity contribution in [3.8, 4) is 0 Å². The molecular weight excluding hydrogens is 140 g/mol. The average Bonchev–Trinajstić information content (AvgIpc) is 2.10. The Bertz CT molecular complexity index is 120. The van der Waals surface area contributed by atoms with Crippen molar-refractivity contribution in [1.82, 2.24) is 0 Å². The molecule has 1 rings (SSSR count). The minimum absolute atomic E-state index is 0.814. The van der Waals surface area contributed by atoms with Gasteiger partial charge < -0.3 is 4.43 Å². The molecule has 0 saturated carbocycles. The van der Waals surface area contributed by atoms with E-state index >= 15 is 0 Å². The molecule has 0 N–H and O–H groups in total. The molecule has 1 heterocycles. The molecule has 1 fully saturated rings. The van der Waals surface area contributed by atoms with E-state index in [0.717, 1.165) is 18.4 Å². The minimum Gasteiger partial charge on any atom is -0.417 e. The highest BCUT2D eigenvalue weighted by molar-refractivity contribution is 6.71. The molecule has 10 heavy (non-hydrogen) atoms. The molecule has 0 aliphatic carbocycles. The lowest BCUT2D eigenvalue weighted by molar-refractivity contribution is 0.269. The fraction of sp³-hybridized carbons (Fsp3) is 1.00. The second kappa shape index (κ2) is 2.66. The van der Waals surface area contributed by atoms with Gasteiger partial charge in [-0.1, -0.05) is 13.8 Å². The van der Waals surface area contributed by atoms with E-state index in [1.165, 1.54) is 6.04 Å². The summed E-state index contributed by atoms with van der Waals surface area (Å²) < 4.78 is 5.75. The molecule has 1 saturated heterocycles. The molecule has 0 bridgehead atoms. The molecule has 0 aromatic heterocycles. The maximum absolute atomic E-state index is 5.75. The van der Waals surface area contributed by atoms with Crippen LogP contribution >= 0.6 is 0 Å². The summed E-state index contributed by atoms with van der Waals surface area (Å²) >= 11 is 0. The Labute approximate surface area is 64.9 Å². The molecule has 0 amide bonds. The fourth-order valence-electron chi connectivity index (χ4n) is 1.51. The molecule has 0 aromatic carbocycles. The number of hydrogen-bond acceptors (Lipinski definition) is 1. The van der Waals surface area contributed by atoms with Crippen molar-refractivity contribution in [2.75, 3.05) is 6.61 Å². The zero-order valence-corrected chi connectivity index (χ0v) is 8.48. The van der Waals surface area contributed by atoms with Crippen LogP contribution < -0.4 is 0 Å². The first kappa shape index (κ1) is 8.28. The number of hydrogen-bond donors (Lipinski definition) is 0. The Morgan fingerprint density at radius 2 is 2.00 bits per heavy atom. The molecule has 1 aliphatic heterocycles. The van der Waals surface area contributed by atoms with Gasteiger partial charge in [-0.05, 0) is 31.0 Å². The lowest BCUT2D eigenvalue weighted by Crippen LogP contribution is -2.23. The minimum atomic E-state index is -1.17. The third kappa shape index (κ3) is 1.83. The van der Waals surface area contributed by atoms with Crippen molar-refractivity contribution in [3.63, 3.8) is 0 Å². The van der Waals surface area contributed by atoms with Crippen molar-refractivity contribution in [1.29, 1.82) is 0 Å². The third-order valence-electron chi connectivity index (χ3n) is 2.38. The Kier molecular flexibility index (Phi) is 2.20. The molecule has 0 aromatic rings. The van der Waals surface area contributed by atoms with Crippen LogP contribution in [0.25, 0.3) is 0 Å². The Morgan fingerprint density at radius 1 is 1.40 bits per heavy atom. The van der Waals surface area contributed by atoms with Gasteiger partial charge in [-0.3, -0.25) is 0 Å². The fourth-order valence-corrected chi connectivity index (χ4v) is 4.15. The van der Waals surface area contributed by atoms with Crippen molar-refractivity contribution >= 4 is 8.32 Å². The monoisotopic (exact) mass is 158 g/mol. The lowest BCUT2D eigenvalue weighted by Gasteiger charge is -2.13. The zero-order chi connectivity index (χ0) is 7.78.